The third-order valence-electron chi connectivity index (χ3n) is 3.23. The fourth-order valence-corrected chi connectivity index (χ4v) is 1.97. The zero-order valence-electron chi connectivity index (χ0n) is 14.5. The van der Waals surface area contributed by atoms with Crippen LogP contribution in [0.2, 0.25) is 0 Å². The van der Waals surface area contributed by atoms with Crippen LogP contribution in [0.15, 0.2) is 0 Å². The van der Waals surface area contributed by atoms with E-state index in [1.165, 1.54) is 0 Å². The maximum absolute atomic E-state index is 11.9. The van der Waals surface area contributed by atoms with Gasteiger partial charge in [-0.2, -0.15) is 0 Å². The van der Waals surface area contributed by atoms with Crippen molar-refractivity contribution >= 4 is 6.09 Å². The molecule has 5 nitrogen and oxygen atoms in total. The van der Waals surface area contributed by atoms with E-state index < -0.39 is 5.60 Å². The summed E-state index contributed by atoms with van der Waals surface area (Å²) in [4.78, 5) is 13.6. The number of amides is 1. The van der Waals surface area contributed by atoms with E-state index >= 15 is 0 Å². The van der Waals surface area contributed by atoms with Gasteiger partial charge in [0.1, 0.15) is 5.60 Å². The molecule has 120 valence electrons. The van der Waals surface area contributed by atoms with Gasteiger partial charge in [-0.15, -0.1) is 0 Å². The van der Waals surface area contributed by atoms with E-state index in [2.05, 4.69) is 31.2 Å². The van der Waals surface area contributed by atoms with Crippen molar-refractivity contribution in [2.24, 2.45) is 11.8 Å². The molecule has 0 aromatic heterocycles. The summed E-state index contributed by atoms with van der Waals surface area (Å²) in [6.07, 6.45) is -0.253. The molecule has 1 amide bonds. The highest BCUT2D eigenvalue weighted by Gasteiger charge is 2.23. The highest BCUT2D eigenvalue weighted by molar-refractivity contribution is 5.67. The van der Waals surface area contributed by atoms with Gasteiger partial charge in [0.15, 0.2) is 0 Å². The second kappa shape index (κ2) is 8.47. The van der Waals surface area contributed by atoms with E-state index in [-0.39, 0.29) is 6.09 Å². The molecule has 0 aromatic carbocycles. The first-order chi connectivity index (χ1) is 9.06. The maximum atomic E-state index is 11.9. The van der Waals surface area contributed by atoms with E-state index in [4.69, 9.17) is 4.74 Å². The average Bonchev–Trinajstić information content (AvgIpc) is 2.26. The molecule has 0 saturated heterocycles. The van der Waals surface area contributed by atoms with E-state index in [0.717, 1.165) is 13.1 Å². The minimum Gasteiger partial charge on any atom is -0.444 e. The van der Waals surface area contributed by atoms with Crippen molar-refractivity contribution in [1.82, 2.24) is 15.3 Å². The summed E-state index contributed by atoms with van der Waals surface area (Å²) in [5, 5.41) is 2.11. The van der Waals surface area contributed by atoms with Crippen LogP contribution in [0.4, 0.5) is 4.79 Å². The minimum atomic E-state index is -0.439. The predicted octanol–water partition coefficient (Wildman–Crippen LogP) is 2.58. The summed E-state index contributed by atoms with van der Waals surface area (Å²) in [6.45, 7) is 14.7. The number of nitrogens with zero attached hydrogens (tertiary/aromatic N) is 2. The molecule has 0 aliphatic heterocycles. The lowest BCUT2D eigenvalue weighted by Crippen LogP contribution is -2.41. The molecular formula is C15H33N3O2. The number of rotatable bonds is 7. The lowest BCUT2D eigenvalue weighted by atomic mass is 9.95. The quantitative estimate of drug-likeness (QED) is 0.731. The molecule has 0 radical (unpaired) electrons. The molecule has 2 unspecified atom stereocenters. The number of hydrazine groups is 1. The zero-order chi connectivity index (χ0) is 15.9. The van der Waals surface area contributed by atoms with Crippen LogP contribution in [0, 0.1) is 11.8 Å². The van der Waals surface area contributed by atoms with Gasteiger partial charge >= 0.3 is 6.09 Å². The van der Waals surface area contributed by atoms with Crippen molar-refractivity contribution in [3.63, 3.8) is 0 Å². The molecule has 0 heterocycles. The molecular weight excluding hydrogens is 254 g/mol. The van der Waals surface area contributed by atoms with Crippen molar-refractivity contribution in [2.45, 2.75) is 47.1 Å². The lowest BCUT2D eigenvalue weighted by Gasteiger charge is -2.30. The Morgan fingerprint density at radius 3 is 2.10 bits per heavy atom. The fraction of sp³-hybridized carbons (Fsp3) is 0.933. The van der Waals surface area contributed by atoms with Crippen molar-refractivity contribution in [2.75, 3.05) is 33.7 Å². The van der Waals surface area contributed by atoms with Crippen LogP contribution in [-0.4, -0.2) is 55.3 Å². The predicted molar refractivity (Wildman–Crippen MR) is 83.5 cm³/mol. The second-order valence-electron chi connectivity index (χ2n) is 6.71. The first kappa shape index (κ1) is 19.2. The normalized spacial score (nSPS) is 15.1. The molecule has 2 atom stereocenters. The largest absolute Gasteiger partial charge is 0.444 e. The Bertz CT molecular complexity index is 289. The SMILES string of the molecule is CCNN(C)CC(C)C(C)CN(C)C(=O)OC(C)(C)C. The van der Waals surface area contributed by atoms with Crippen molar-refractivity contribution in [3.05, 3.63) is 0 Å². The molecule has 0 aliphatic carbocycles. The Hall–Kier alpha value is -0.810. The molecule has 5 heteroatoms. The number of ether oxygens (including phenoxy) is 1. The third-order valence-corrected chi connectivity index (χ3v) is 3.23. The van der Waals surface area contributed by atoms with Crippen LogP contribution in [0.5, 0.6) is 0 Å². The summed E-state index contributed by atoms with van der Waals surface area (Å²) in [5.74, 6) is 0.901. The van der Waals surface area contributed by atoms with E-state index in [0.29, 0.717) is 18.4 Å². The lowest BCUT2D eigenvalue weighted by molar-refractivity contribution is 0.0256. The smallest absolute Gasteiger partial charge is 0.410 e. The number of hydrogen-bond acceptors (Lipinski definition) is 4. The maximum Gasteiger partial charge on any atom is 0.410 e. The fourth-order valence-electron chi connectivity index (χ4n) is 1.97. The first-order valence-corrected chi connectivity index (χ1v) is 7.45. The standard InChI is InChI=1S/C15H33N3O2/c1-9-16-18(8)11-13(3)12(2)10-17(7)14(19)20-15(4,5)6/h12-13,16H,9-11H2,1-8H3. The Labute approximate surface area is 124 Å². The van der Waals surface area contributed by atoms with Crippen LogP contribution in [0.3, 0.4) is 0 Å². The van der Waals surface area contributed by atoms with Crippen LogP contribution >= 0.6 is 0 Å². The molecule has 0 spiro atoms. The van der Waals surface area contributed by atoms with Crippen molar-refractivity contribution < 1.29 is 9.53 Å². The molecule has 0 rings (SSSR count). The third kappa shape index (κ3) is 8.38. The van der Waals surface area contributed by atoms with Gasteiger partial charge in [-0.3, -0.25) is 5.43 Å². The van der Waals surface area contributed by atoms with Gasteiger partial charge in [-0.25, -0.2) is 9.80 Å². The van der Waals surface area contributed by atoms with Gasteiger partial charge in [0.05, 0.1) is 0 Å². The highest BCUT2D eigenvalue weighted by atomic mass is 16.6. The Kier molecular flexibility index (Phi) is 8.13. The van der Waals surface area contributed by atoms with Gasteiger partial charge in [-0.05, 0) is 32.6 Å². The number of hydrogen-bond donors (Lipinski definition) is 1. The summed E-state index contributed by atoms with van der Waals surface area (Å²) in [5.41, 5.74) is 2.83. The summed E-state index contributed by atoms with van der Waals surface area (Å²) in [7, 11) is 3.84. The molecule has 20 heavy (non-hydrogen) atoms. The van der Waals surface area contributed by atoms with Gasteiger partial charge in [0.2, 0.25) is 0 Å². The molecule has 0 bridgehead atoms. The average molecular weight is 287 g/mol. The van der Waals surface area contributed by atoms with Gasteiger partial charge in [0.25, 0.3) is 0 Å². The number of carbonyl (C=O) groups excluding carboxylic acids is 1. The molecule has 1 N–H and O–H groups in total. The zero-order valence-corrected chi connectivity index (χ0v) is 14.5. The monoisotopic (exact) mass is 287 g/mol. The van der Waals surface area contributed by atoms with Crippen molar-refractivity contribution in [3.8, 4) is 0 Å². The highest BCUT2D eigenvalue weighted by Crippen LogP contribution is 2.15. The van der Waals surface area contributed by atoms with E-state index in [1.54, 1.807) is 11.9 Å². The molecule has 0 fully saturated rings. The number of nitrogens with one attached hydrogen (secondary N) is 1. The summed E-state index contributed by atoms with van der Waals surface area (Å²) in [6, 6.07) is 0. The van der Waals surface area contributed by atoms with Crippen LogP contribution in [0.25, 0.3) is 0 Å². The van der Waals surface area contributed by atoms with Crippen LogP contribution in [-0.2, 0) is 4.74 Å². The second-order valence-corrected chi connectivity index (χ2v) is 6.71. The van der Waals surface area contributed by atoms with Gasteiger partial charge < -0.3 is 9.64 Å². The Balaban J connectivity index is 4.23. The first-order valence-electron chi connectivity index (χ1n) is 7.45. The summed E-state index contributed by atoms with van der Waals surface area (Å²) >= 11 is 0. The van der Waals surface area contributed by atoms with E-state index in [9.17, 15) is 4.79 Å². The topological polar surface area (TPSA) is 44.8 Å². The van der Waals surface area contributed by atoms with Crippen molar-refractivity contribution in [1.29, 1.82) is 0 Å². The van der Waals surface area contributed by atoms with E-state index in [1.807, 2.05) is 27.8 Å². The molecule has 0 aromatic rings. The Morgan fingerprint density at radius 1 is 1.15 bits per heavy atom. The minimum absolute atomic E-state index is 0.253. The Morgan fingerprint density at radius 2 is 1.65 bits per heavy atom. The van der Waals surface area contributed by atoms with Crippen LogP contribution in [0.1, 0.15) is 41.5 Å². The molecule has 0 aliphatic rings. The van der Waals surface area contributed by atoms with Crippen LogP contribution < -0.4 is 5.43 Å². The van der Waals surface area contributed by atoms with Gasteiger partial charge in [-0.1, -0.05) is 20.8 Å². The van der Waals surface area contributed by atoms with Gasteiger partial charge in [0, 0.05) is 33.7 Å². The summed E-state index contributed by atoms with van der Waals surface area (Å²) < 4.78 is 5.36. The molecule has 0 saturated carbocycles. The number of carbonyl (C=O) groups is 1.